The van der Waals surface area contributed by atoms with Crippen LogP contribution in [0.15, 0.2) is 4.52 Å². The minimum Gasteiger partial charge on any atom is -0.393 e. The van der Waals surface area contributed by atoms with Gasteiger partial charge in [0.15, 0.2) is 0 Å². The third-order valence-electron chi connectivity index (χ3n) is 4.33. The maximum Gasteiger partial charge on any atom is 0.222 e. The van der Waals surface area contributed by atoms with Gasteiger partial charge in [0.05, 0.1) is 17.9 Å². The van der Waals surface area contributed by atoms with Gasteiger partial charge in [0, 0.05) is 25.1 Å². The molecule has 1 aromatic rings. The molecule has 0 spiro atoms. The number of aromatic nitrogens is 1. The maximum atomic E-state index is 12.3. The fourth-order valence-corrected chi connectivity index (χ4v) is 2.84. The number of carbonyl (C=O) groups excluding carboxylic acids is 1. The Kier molecular flexibility index (Phi) is 5.00. The molecule has 1 atom stereocenters. The standard InChI is InChI=1S/C15H24N2O4/c1-11-13(12(2)21-16-11)4-5-14(19)17-8-3-6-15(20,10-18)7-9-17/h18,20H,3-10H2,1-2H3/t15-/m1/s1. The number of nitrogens with zero attached hydrogens (tertiary/aromatic N) is 2. The van der Waals surface area contributed by atoms with Crippen LogP contribution < -0.4 is 0 Å². The summed E-state index contributed by atoms with van der Waals surface area (Å²) in [6.45, 7) is 4.63. The predicted octanol–water partition coefficient (Wildman–Crippen LogP) is 0.960. The van der Waals surface area contributed by atoms with Crippen molar-refractivity contribution in [2.75, 3.05) is 19.7 Å². The van der Waals surface area contributed by atoms with Crippen LogP contribution >= 0.6 is 0 Å². The van der Waals surface area contributed by atoms with Gasteiger partial charge in [-0.25, -0.2) is 0 Å². The summed E-state index contributed by atoms with van der Waals surface area (Å²) in [5.41, 5.74) is 0.812. The van der Waals surface area contributed by atoms with Gasteiger partial charge in [0.1, 0.15) is 5.76 Å². The molecule has 0 bridgehead atoms. The van der Waals surface area contributed by atoms with Crippen molar-refractivity contribution >= 4 is 5.91 Å². The second-order valence-electron chi connectivity index (χ2n) is 5.92. The summed E-state index contributed by atoms with van der Waals surface area (Å²) in [7, 11) is 0. The molecule has 1 amide bonds. The van der Waals surface area contributed by atoms with Crippen molar-refractivity contribution in [1.29, 1.82) is 0 Å². The topological polar surface area (TPSA) is 86.8 Å². The number of likely N-dealkylation sites (tertiary alicyclic amines) is 1. The molecule has 1 fully saturated rings. The van der Waals surface area contributed by atoms with Crippen LogP contribution in [0.3, 0.4) is 0 Å². The van der Waals surface area contributed by atoms with Crippen LogP contribution in [-0.4, -0.2) is 51.5 Å². The van der Waals surface area contributed by atoms with E-state index in [-0.39, 0.29) is 12.5 Å². The number of aliphatic hydroxyl groups excluding tert-OH is 1. The van der Waals surface area contributed by atoms with E-state index in [0.717, 1.165) is 17.0 Å². The van der Waals surface area contributed by atoms with Crippen molar-refractivity contribution in [2.45, 2.75) is 51.6 Å². The third-order valence-corrected chi connectivity index (χ3v) is 4.33. The Balaban J connectivity index is 1.89. The first-order chi connectivity index (χ1) is 9.95. The van der Waals surface area contributed by atoms with Gasteiger partial charge in [0.2, 0.25) is 5.91 Å². The van der Waals surface area contributed by atoms with Gasteiger partial charge >= 0.3 is 0 Å². The Labute approximate surface area is 124 Å². The van der Waals surface area contributed by atoms with Gasteiger partial charge in [-0.15, -0.1) is 0 Å². The first-order valence-corrected chi connectivity index (χ1v) is 7.48. The van der Waals surface area contributed by atoms with Gasteiger partial charge in [-0.1, -0.05) is 5.16 Å². The Morgan fingerprint density at radius 2 is 2.14 bits per heavy atom. The molecule has 1 aliphatic rings. The Morgan fingerprint density at radius 3 is 2.76 bits per heavy atom. The highest BCUT2D eigenvalue weighted by molar-refractivity contribution is 5.76. The molecule has 2 N–H and O–H groups in total. The molecule has 2 rings (SSSR count). The molecule has 0 aliphatic carbocycles. The molecule has 118 valence electrons. The van der Waals surface area contributed by atoms with E-state index in [1.165, 1.54) is 0 Å². The van der Waals surface area contributed by atoms with Gasteiger partial charge in [-0.2, -0.15) is 0 Å². The largest absolute Gasteiger partial charge is 0.393 e. The van der Waals surface area contributed by atoms with E-state index >= 15 is 0 Å². The van der Waals surface area contributed by atoms with Crippen molar-refractivity contribution in [1.82, 2.24) is 10.1 Å². The number of hydrogen-bond donors (Lipinski definition) is 2. The highest BCUT2D eigenvalue weighted by Crippen LogP contribution is 2.22. The van der Waals surface area contributed by atoms with Crippen LogP contribution in [0.5, 0.6) is 0 Å². The van der Waals surface area contributed by atoms with Crippen LogP contribution in [0, 0.1) is 13.8 Å². The average Bonchev–Trinajstić information content (AvgIpc) is 2.67. The lowest BCUT2D eigenvalue weighted by atomic mass is 9.96. The van der Waals surface area contributed by atoms with Crippen LogP contribution in [0.1, 0.15) is 42.7 Å². The summed E-state index contributed by atoms with van der Waals surface area (Å²) in [5.74, 6) is 0.850. The number of carbonyl (C=O) groups is 1. The lowest BCUT2D eigenvalue weighted by Gasteiger charge is -2.24. The fraction of sp³-hybridized carbons (Fsp3) is 0.733. The summed E-state index contributed by atoms with van der Waals surface area (Å²) < 4.78 is 5.10. The minimum atomic E-state index is -1.03. The Morgan fingerprint density at radius 1 is 1.38 bits per heavy atom. The number of rotatable bonds is 4. The molecular formula is C15H24N2O4. The van der Waals surface area contributed by atoms with E-state index in [1.54, 1.807) is 4.90 Å². The molecule has 6 nitrogen and oxygen atoms in total. The summed E-state index contributed by atoms with van der Waals surface area (Å²) in [4.78, 5) is 14.1. The van der Waals surface area contributed by atoms with Gasteiger partial charge in [-0.3, -0.25) is 4.79 Å². The quantitative estimate of drug-likeness (QED) is 0.864. The fourth-order valence-electron chi connectivity index (χ4n) is 2.84. The zero-order chi connectivity index (χ0) is 15.5. The molecule has 1 aliphatic heterocycles. The Bertz CT molecular complexity index is 480. The monoisotopic (exact) mass is 296 g/mol. The van der Waals surface area contributed by atoms with E-state index < -0.39 is 5.60 Å². The van der Waals surface area contributed by atoms with Gasteiger partial charge < -0.3 is 19.6 Å². The van der Waals surface area contributed by atoms with Gasteiger partial charge in [0.25, 0.3) is 0 Å². The summed E-state index contributed by atoms with van der Waals surface area (Å²) in [6.07, 6.45) is 2.73. The molecule has 1 aromatic heterocycles. The lowest BCUT2D eigenvalue weighted by molar-refractivity contribution is -0.131. The number of aliphatic hydroxyl groups is 2. The smallest absolute Gasteiger partial charge is 0.222 e. The average molecular weight is 296 g/mol. The maximum absolute atomic E-state index is 12.3. The van der Waals surface area contributed by atoms with Gasteiger partial charge in [-0.05, 0) is 39.5 Å². The van der Waals surface area contributed by atoms with Crippen LogP contribution in [-0.2, 0) is 11.2 Å². The molecule has 6 heteroatoms. The minimum absolute atomic E-state index is 0.0807. The molecule has 0 radical (unpaired) electrons. The molecule has 21 heavy (non-hydrogen) atoms. The first kappa shape index (κ1) is 16.0. The van der Waals surface area contributed by atoms with E-state index in [1.807, 2.05) is 13.8 Å². The normalized spacial score (nSPS) is 23.1. The van der Waals surface area contributed by atoms with Crippen molar-refractivity contribution in [3.8, 4) is 0 Å². The molecule has 0 unspecified atom stereocenters. The summed E-state index contributed by atoms with van der Waals surface area (Å²) in [5, 5.41) is 23.2. The van der Waals surface area contributed by atoms with E-state index in [9.17, 15) is 15.0 Å². The van der Waals surface area contributed by atoms with E-state index in [4.69, 9.17) is 4.52 Å². The Hall–Kier alpha value is -1.40. The van der Waals surface area contributed by atoms with Crippen molar-refractivity contribution in [3.63, 3.8) is 0 Å². The number of aryl methyl sites for hydroxylation is 2. The first-order valence-electron chi connectivity index (χ1n) is 7.48. The number of amides is 1. The van der Waals surface area contributed by atoms with Crippen LogP contribution in [0.2, 0.25) is 0 Å². The van der Waals surface area contributed by atoms with Crippen LogP contribution in [0.4, 0.5) is 0 Å². The number of hydrogen-bond acceptors (Lipinski definition) is 5. The zero-order valence-corrected chi connectivity index (χ0v) is 12.8. The van der Waals surface area contributed by atoms with Crippen molar-refractivity contribution < 1.29 is 19.5 Å². The second-order valence-corrected chi connectivity index (χ2v) is 5.92. The summed E-state index contributed by atoms with van der Waals surface area (Å²) in [6, 6.07) is 0. The zero-order valence-electron chi connectivity index (χ0n) is 12.8. The molecular weight excluding hydrogens is 272 g/mol. The summed E-state index contributed by atoms with van der Waals surface area (Å²) >= 11 is 0. The van der Waals surface area contributed by atoms with Crippen LogP contribution in [0.25, 0.3) is 0 Å². The van der Waals surface area contributed by atoms with E-state index in [2.05, 4.69) is 5.16 Å². The predicted molar refractivity (Wildman–Crippen MR) is 76.8 cm³/mol. The third kappa shape index (κ3) is 3.83. The lowest BCUT2D eigenvalue weighted by Crippen LogP contribution is -2.36. The highest BCUT2D eigenvalue weighted by atomic mass is 16.5. The molecule has 0 saturated carbocycles. The van der Waals surface area contributed by atoms with Crippen molar-refractivity contribution in [3.05, 3.63) is 17.0 Å². The molecule has 2 heterocycles. The molecule has 0 aromatic carbocycles. The van der Waals surface area contributed by atoms with Crippen molar-refractivity contribution in [2.24, 2.45) is 0 Å². The SMILES string of the molecule is Cc1noc(C)c1CCC(=O)N1CCC[C@](O)(CO)CC1. The second kappa shape index (κ2) is 6.58. The van der Waals surface area contributed by atoms with E-state index in [0.29, 0.717) is 45.2 Å². The molecule has 1 saturated heterocycles. The highest BCUT2D eigenvalue weighted by Gasteiger charge is 2.30.